The van der Waals surface area contributed by atoms with E-state index in [0.717, 1.165) is 37.0 Å². The lowest BCUT2D eigenvalue weighted by molar-refractivity contribution is 0.0144. The summed E-state index contributed by atoms with van der Waals surface area (Å²) in [5, 5.41) is 19.4. The lowest BCUT2D eigenvalue weighted by atomic mass is 10.0. The minimum absolute atomic E-state index is 0.547. The molecule has 1 N–H and O–H groups in total. The fourth-order valence-corrected chi connectivity index (χ4v) is 3.01. The second kappa shape index (κ2) is 6.25. The first-order valence-electron chi connectivity index (χ1n) is 7.04. The van der Waals surface area contributed by atoms with Crippen LogP contribution >= 0.6 is 0 Å². The van der Waals surface area contributed by atoms with Gasteiger partial charge in [-0.25, -0.2) is 0 Å². The SMILES string of the molecule is COc1ccc(C#N)cc1CN(C)CC1(O)CCCC1. The molecule has 0 bridgehead atoms. The van der Waals surface area contributed by atoms with Crippen molar-refractivity contribution in [2.24, 2.45) is 0 Å². The molecule has 1 aromatic rings. The molecule has 2 rings (SSSR count). The van der Waals surface area contributed by atoms with Crippen LogP contribution in [0.15, 0.2) is 18.2 Å². The molecule has 0 amide bonds. The van der Waals surface area contributed by atoms with E-state index in [9.17, 15) is 5.11 Å². The number of hydrogen-bond acceptors (Lipinski definition) is 4. The lowest BCUT2D eigenvalue weighted by Crippen LogP contribution is -2.38. The molecule has 0 unspecified atom stereocenters. The van der Waals surface area contributed by atoms with Crippen LogP contribution in [0.2, 0.25) is 0 Å². The van der Waals surface area contributed by atoms with Crippen molar-refractivity contribution in [2.45, 2.75) is 37.8 Å². The molecule has 108 valence electrons. The average molecular weight is 274 g/mol. The van der Waals surface area contributed by atoms with Gasteiger partial charge in [0.2, 0.25) is 0 Å². The van der Waals surface area contributed by atoms with E-state index in [-0.39, 0.29) is 0 Å². The van der Waals surface area contributed by atoms with E-state index in [0.29, 0.717) is 18.7 Å². The number of hydrogen-bond donors (Lipinski definition) is 1. The van der Waals surface area contributed by atoms with Gasteiger partial charge in [-0.2, -0.15) is 5.26 Å². The van der Waals surface area contributed by atoms with Crippen LogP contribution in [0.25, 0.3) is 0 Å². The maximum Gasteiger partial charge on any atom is 0.123 e. The van der Waals surface area contributed by atoms with Gasteiger partial charge in [0, 0.05) is 18.7 Å². The number of ether oxygens (including phenoxy) is 1. The van der Waals surface area contributed by atoms with E-state index >= 15 is 0 Å². The second-order valence-electron chi connectivity index (χ2n) is 5.74. The number of rotatable bonds is 5. The third kappa shape index (κ3) is 3.50. The molecule has 1 aromatic carbocycles. The van der Waals surface area contributed by atoms with Gasteiger partial charge < -0.3 is 9.84 Å². The molecule has 0 radical (unpaired) electrons. The molecular formula is C16H22N2O2. The Kier molecular flexibility index (Phi) is 4.64. The Labute approximate surface area is 120 Å². The van der Waals surface area contributed by atoms with Crippen LogP contribution in [0, 0.1) is 11.3 Å². The Balaban J connectivity index is 2.06. The Bertz CT molecular complexity index is 502. The summed E-state index contributed by atoms with van der Waals surface area (Å²) in [6, 6.07) is 7.59. The first-order valence-corrected chi connectivity index (χ1v) is 7.04. The fraction of sp³-hybridized carbons (Fsp3) is 0.562. The molecule has 0 heterocycles. The average Bonchev–Trinajstić information content (AvgIpc) is 2.84. The van der Waals surface area contributed by atoms with Crippen molar-refractivity contribution in [3.63, 3.8) is 0 Å². The summed E-state index contributed by atoms with van der Waals surface area (Å²) in [5.74, 6) is 0.786. The molecular weight excluding hydrogens is 252 g/mol. The van der Waals surface area contributed by atoms with Crippen molar-refractivity contribution >= 4 is 0 Å². The quantitative estimate of drug-likeness (QED) is 0.895. The van der Waals surface area contributed by atoms with Gasteiger partial charge in [-0.05, 0) is 38.1 Å². The van der Waals surface area contributed by atoms with Crippen molar-refractivity contribution in [3.05, 3.63) is 29.3 Å². The van der Waals surface area contributed by atoms with Crippen molar-refractivity contribution in [3.8, 4) is 11.8 Å². The number of likely N-dealkylation sites (N-methyl/N-ethyl adjacent to an activating group) is 1. The molecule has 0 aliphatic heterocycles. The van der Waals surface area contributed by atoms with Gasteiger partial charge in [0.1, 0.15) is 5.75 Å². The standard InChI is InChI=1S/C16H22N2O2/c1-18(12-16(19)7-3-4-8-16)11-14-9-13(10-17)5-6-15(14)20-2/h5-6,9,19H,3-4,7-8,11-12H2,1-2H3. The van der Waals surface area contributed by atoms with Gasteiger partial charge >= 0.3 is 0 Å². The summed E-state index contributed by atoms with van der Waals surface area (Å²) in [6.07, 6.45) is 3.98. The summed E-state index contributed by atoms with van der Waals surface area (Å²) < 4.78 is 5.34. The highest BCUT2D eigenvalue weighted by atomic mass is 16.5. The molecule has 1 saturated carbocycles. The highest BCUT2D eigenvalue weighted by molar-refractivity contribution is 5.42. The Morgan fingerprint density at radius 3 is 2.70 bits per heavy atom. The Hall–Kier alpha value is -1.57. The number of benzene rings is 1. The highest BCUT2D eigenvalue weighted by Gasteiger charge is 2.32. The van der Waals surface area contributed by atoms with E-state index in [4.69, 9.17) is 10.00 Å². The molecule has 4 heteroatoms. The minimum atomic E-state index is -0.547. The van der Waals surface area contributed by atoms with Crippen molar-refractivity contribution in [1.29, 1.82) is 5.26 Å². The van der Waals surface area contributed by atoms with Gasteiger partial charge in [0.05, 0.1) is 24.3 Å². The number of nitrogens with zero attached hydrogens (tertiary/aromatic N) is 2. The molecule has 0 saturated heterocycles. The first kappa shape index (κ1) is 14.8. The first-order chi connectivity index (χ1) is 9.56. The lowest BCUT2D eigenvalue weighted by Gasteiger charge is -2.29. The number of nitriles is 1. The fourth-order valence-electron chi connectivity index (χ4n) is 3.01. The highest BCUT2D eigenvalue weighted by Crippen LogP contribution is 2.30. The van der Waals surface area contributed by atoms with Crippen LogP contribution in [0.3, 0.4) is 0 Å². The zero-order valence-electron chi connectivity index (χ0n) is 12.2. The van der Waals surface area contributed by atoms with Gasteiger partial charge in [-0.3, -0.25) is 4.90 Å². The van der Waals surface area contributed by atoms with Crippen LogP contribution in [0.5, 0.6) is 5.75 Å². The van der Waals surface area contributed by atoms with Crippen LogP contribution in [-0.4, -0.2) is 36.3 Å². The molecule has 0 atom stereocenters. The molecule has 0 spiro atoms. The molecule has 1 aliphatic rings. The molecule has 1 aliphatic carbocycles. The van der Waals surface area contributed by atoms with Gasteiger partial charge in [-0.1, -0.05) is 12.8 Å². The van der Waals surface area contributed by atoms with Crippen LogP contribution in [0.4, 0.5) is 0 Å². The van der Waals surface area contributed by atoms with Crippen LogP contribution < -0.4 is 4.74 Å². The topological polar surface area (TPSA) is 56.5 Å². The normalized spacial score (nSPS) is 17.1. The zero-order chi connectivity index (χ0) is 14.6. The zero-order valence-corrected chi connectivity index (χ0v) is 12.2. The van der Waals surface area contributed by atoms with E-state index in [2.05, 4.69) is 11.0 Å². The minimum Gasteiger partial charge on any atom is -0.496 e. The largest absolute Gasteiger partial charge is 0.496 e. The molecule has 20 heavy (non-hydrogen) atoms. The van der Waals surface area contributed by atoms with Crippen molar-refractivity contribution in [2.75, 3.05) is 20.7 Å². The predicted octanol–water partition coefficient (Wildman–Crippen LogP) is 2.30. The second-order valence-corrected chi connectivity index (χ2v) is 5.74. The maximum atomic E-state index is 10.4. The number of aliphatic hydroxyl groups is 1. The van der Waals surface area contributed by atoms with Gasteiger partial charge in [0.25, 0.3) is 0 Å². The molecule has 1 fully saturated rings. The summed E-state index contributed by atoms with van der Waals surface area (Å²) >= 11 is 0. The third-order valence-electron chi connectivity index (χ3n) is 3.95. The van der Waals surface area contributed by atoms with Crippen LogP contribution in [-0.2, 0) is 6.54 Å². The van der Waals surface area contributed by atoms with Crippen molar-refractivity contribution < 1.29 is 9.84 Å². The van der Waals surface area contributed by atoms with E-state index in [1.54, 1.807) is 13.2 Å². The summed E-state index contributed by atoms with van der Waals surface area (Å²) in [6.45, 7) is 1.33. The predicted molar refractivity (Wildman–Crippen MR) is 77.5 cm³/mol. The Morgan fingerprint density at radius 2 is 2.10 bits per heavy atom. The third-order valence-corrected chi connectivity index (χ3v) is 3.95. The number of methoxy groups -OCH3 is 1. The maximum absolute atomic E-state index is 10.4. The summed E-state index contributed by atoms with van der Waals surface area (Å²) in [4.78, 5) is 2.10. The summed E-state index contributed by atoms with van der Waals surface area (Å²) in [7, 11) is 3.63. The van der Waals surface area contributed by atoms with Gasteiger partial charge in [-0.15, -0.1) is 0 Å². The van der Waals surface area contributed by atoms with E-state index < -0.39 is 5.60 Å². The van der Waals surface area contributed by atoms with Crippen LogP contribution in [0.1, 0.15) is 36.8 Å². The van der Waals surface area contributed by atoms with Crippen molar-refractivity contribution in [1.82, 2.24) is 4.90 Å². The summed E-state index contributed by atoms with van der Waals surface area (Å²) in [5.41, 5.74) is 1.07. The Morgan fingerprint density at radius 1 is 1.40 bits per heavy atom. The van der Waals surface area contributed by atoms with E-state index in [1.165, 1.54) is 0 Å². The van der Waals surface area contributed by atoms with E-state index in [1.807, 2.05) is 19.2 Å². The monoisotopic (exact) mass is 274 g/mol. The van der Waals surface area contributed by atoms with Gasteiger partial charge in [0.15, 0.2) is 0 Å². The smallest absolute Gasteiger partial charge is 0.123 e. The molecule has 0 aromatic heterocycles. The molecule has 4 nitrogen and oxygen atoms in total.